The number of aliphatic imine (C=N–C) groups is 1. The molecule has 8 heteroatoms. The molecular weight excluding hydrogens is 304 g/mol. The van der Waals surface area contributed by atoms with Crippen molar-refractivity contribution in [2.45, 2.75) is 33.1 Å². The topological polar surface area (TPSA) is 83.0 Å². The Morgan fingerprint density at radius 2 is 2.09 bits per heavy atom. The molecule has 0 spiro atoms. The molecule has 0 radical (unpaired) electrons. The maximum Gasteiger partial charge on any atom is 0.214 e. The molecule has 1 fully saturated rings. The summed E-state index contributed by atoms with van der Waals surface area (Å²) < 4.78 is 30.2. The van der Waals surface area contributed by atoms with E-state index in [-0.39, 0.29) is 5.75 Å². The van der Waals surface area contributed by atoms with Gasteiger partial charge in [-0.25, -0.2) is 12.7 Å². The zero-order valence-electron chi connectivity index (χ0n) is 13.8. The van der Waals surface area contributed by atoms with Gasteiger partial charge in [0.15, 0.2) is 5.96 Å². The monoisotopic (exact) mass is 334 g/mol. The lowest BCUT2D eigenvalue weighted by atomic mass is 10.3. The molecule has 0 aromatic carbocycles. The van der Waals surface area contributed by atoms with Crippen LogP contribution < -0.4 is 10.6 Å². The molecule has 0 aliphatic carbocycles. The Labute approximate surface area is 134 Å². The van der Waals surface area contributed by atoms with E-state index >= 15 is 0 Å². The standard InChI is InChI=1S/C14H30N4O3S/c1-3-15-14(16-8-5-6-12-21-4-2)17-9-11-18-10-7-13-22(18,19)20/h3-13H2,1-2H3,(H2,15,16,17). The minimum Gasteiger partial charge on any atom is -0.382 e. The number of rotatable bonds is 10. The fourth-order valence-corrected chi connectivity index (χ4v) is 3.76. The molecule has 0 aromatic rings. The van der Waals surface area contributed by atoms with Gasteiger partial charge >= 0.3 is 0 Å². The number of nitrogens with one attached hydrogen (secondary N) is 2. The number of nitrogens with zero attached hydrogens (tertiary/aromatic N) is 2. The van der Waals surface area contributed by atoms with Gasteiger partial charge in [0.05, 0.1) is 5.75 Å². The molecule has 0 atom stereocenters. The third-order valence-electron chi connectivity index (χ3n) is 3.37. The largest absolute Gasteiger partial charge is 0.382 e. The SMILES string of the molecule is CCNC(=NCCCCOCC)NCCN1CCCS1(=O)=O. The molecule has 0 saturated carbocycles. The van der Waals surface area contributed by atoms with Crippen LogP contribution in [0.5, 0.6) is 0 Å². The second-order valence-corrected chi connectivity index (χ2v) is 7.25. The second kappa shape index (κ2) is 10.8. The molecule has 0 bridgehead atoms. The molecule has 7 nitrogen and oxygen atoms in total. The smallest absolute Gasteiger partial charge is 0.214 e. The quantitative estimate of drug-likeness (QED) is 0.343. The van der Waals surface area contributed by atoms with Crippen molar-refractivity contribution >= 4 is 16.0 Å². The molecular formula is C14H30N4O3S. The number of hydrogen-bond donors (Lipinski definition) is 2. The maximum atomic E-state index is 11.7. The molecule has 1 saturated heterocycles. The van der Waals surface area contributed by atoms with Gasteiger partial charge in [-0.1, -0.05) is 0 Å². The third-order valence-corrected chi connectivity index (χ3v) is 5.33. The summed E-state index contributed by atoms with van der Waals surface area (Å²) in [7, 11) is -3.01. The van der Waals surface area contributed by atoms with E-state index in [0.29, 0.717) is 19.6 Å². The number of hydrogen-bond acceptors (Lipinski definition) is 4. The van der Waals surface area contributed by atoms with Crippen molar-refractivity contribution in [1.82, 2.24) is 14.9 Å². The van der Waals surface area contributed by atoms with Gasteiger partial charge in [-0.05, 0) is 33.1 Å². The number of unbranched alkanes of at least 4 members (excludes halogenated alkanes) is 1. The van der Waals surface area contributed by atoms with E-state index < -0.39 is 10.0 Å². The van der Waals surface area contributed by atoms with Crippen molar-refractivity contribution in [2.24, 2.45) is 4.99 Å². The van der Waals surface area contributed by atoms with Gasteiger partial charge in [0, 0.05) is 45.9 Å². The molecule has 0 amide bonds. The Bertz CT molecular complexity index is 426. The van der Waals surface area contributed by atoms with E-state index in [1.807, 2.05) is 13.8 Å². The van der Waals surface area contributed by atoms with Crippen molar-refractivity contribution in [2.75, 3.05) is 51.7 Å². The van der Waals surface area contributed by atoms with Crippen molar-refractivity contribution in [3.8, 4) is 0 Å². The summed E-state index contributed by atoms with van der Waals surface area (Å²) in [6.45, 7) is 8.77. The zero-order chi connectivity index (χ0) is 16.3. The van der Waals surface area contributed by atoms with Crippen LogP contribution in [0.15, 0.2) is 4.99 Å². The third kappa shape index (κ3) is 7.42. The van der Waals surface area contributed by atoms with Gasteiger partial charge in [0.1, 0.15) is 0 Å². The summed E-state index contributed by atoms with van der Waals surface area (Å²) in [5, 5.41) is 6.36. The van der Waals surface area contributed by atoms with Crippen molar-refractivity contribution in [3.63, 3.8) is 0 Å². The minimum atomic E-state index is -3.01. The Balaban J connectivity index is 2.25. The van der Waals surface area contributed by atoms with Crippen LogP contribution in [-0.2, 0) is 14.8 Å². The summed E-state index contributed by atoms with van der Waals surface area (Å²) in [6, 6.07) is 0. The molecule has 1 heterocycles. The summed E-state index contributed by atoms with van der Waals surface area (Å²) in [5.41, 5.74) is 0. The number of ether oxygens (including phenoxy) is 1. The predicted octanol–water partition coefficient (Wildman–Crippen LogP) is 0.394. The van der Waals surface area contributed by atoms with E-state index in [4.69, 9.17) is 4.74 Å². The Kier molecular flexibility index (Phi) is 9.42. The molecule has 2 N–H and O–H groups in total. The van der Waals surface area contributed by atoms with Gasteiger partial charge < -0.3 is 15.4 Å². The molecule has 22 heavy (non-hydrogen) atoms. The fraction of sp³-hybridized carbons (Fsp3) is 0.929. The van der Waals surface area contributed by atoms with Crippen LogP contribution in [0.25, 0.3) is 0 Å². The first-order valence-electron chi connectivity index (χ1n) is 8.18. The van der Waals surface area contributed by atoms with Gasteiger partial charge in [-0.15, -0.1) is 0 Å². The number of sulfonamides is 1. The highest BCUT2D eigenvalue weighted by Crippen LogP contribution is 2.11. The Hall–Kier alpha value is -0.860. The molecule has 0 unspecified atom stereocenters. The van der Waals surface area contributed by atoms with Gasteiger partial charge in [0.25, 0.3) is 0 Å². The molecule has 130 valence electrons. The van der Waals surface area contributed by atoms with E-state index in [0.717, 1.165) is 51.5 Å². The van der Waals surface area contributed by atoms with Crippen LogP contribution in [0.2, 0.25) is 0 Å². The van der Waals surface area contributed by atoms with Gasteiger partial charge in [0.2, 0.25) is 10.0 Å². The van der Waals surface area contributed by atoms with Crippen molar-refractivity contribution < 1.29 is 13.2 Å². The lowest BCUT2D eigenvalue weighted by molar-refractivity contribution is 0.144. The van der Waals surface area contributed by atoms with E-state index in [1.54, 1.807) is 4.31 Å². The Morgan fingerprint density at radius 3 is 2.73 bits per heavy atom. The normalized spacial score (nSPS) is 18.5. The molecule has 0 aromatic heterocycles. The van der Waals surface area contributed by atoms with Crippen LogP contribution >= 0.6 is 0 Å². The van der Waals surface area contributed by atoms with E-state index in [1.165, 1.54) is 0 Å². The average molecular weight is 334 g/mol. The highest BCUT2D eigenvalue weighted by Gasteiger charge is 2.27. The maximum absolute atomic E-state index is 11.7. The molecule has 1 rings (SSSR count). The minimum absolute atomic E-state index is 0.279. The summed E-state index contributed by atoms with van der Waals surface area (Å²) in [6.07, 6.45) is 2.72. The molecule has 1 aliphatic heterocycles. The molecule has 1 aliphatic rings. The van der Waals surface area contributed by atoms with Gasteiger partial charge in [-0.3, -0.25) is 4.99 Å². The predicted molar refractivity (Wildman–Crippen MR) is 89.7 cm³/mol. The second-order valence-electron chi connectivity index (χ2n) is 5.16. The van der Waals surface area contributed by atoms with Crippen LogP contribution in [0.1, 0.15) is 33.1 Å². The highest BCUT2D eigenvalue weighted by atomic mass is 32.2. The fourth-order valence-electron chi connectivity index (χ4n) is 2.23. The first kappa shape index (κ1) is 19.2. The summed E-state index contributed by atoms with van der Waals surface area (Å²) in [5.74, 6) is 1.02. The van der Waals surface area contributed by atoms with E-state index in [2.05, 4.69) is 15.6 Å². The number of guanidine groups is 1. The Morgan fingerprint density at radius 1 is 1.27 bits per heavy atom. The lowest BCUT2D eigenvalue weighted by Gasteiger charge is -2.16. The first-order chi connectivity index (χ1) is 10.6. The van der Waals surface area contributed by atoms with E-state index in [9.17, 15) is 8.42 Å². The van der Waals surface area contributed by atoms with Crippen molar-refractivity contribution in [3.05, 3.63) is 0 Å². The van der Waals surface area contributed by atoms with Crippen LogP contribution in [0.4, 0.5) is 0 Å². The lowest BCUT2D eigenvalue weighted by Crippen LogP contribution is -2.42. The van der Waals surface area contributed by atoms with Crippen LogP contribution in [0.3, 0.4) is 0 Å². The van der Waals surface area contributed by atoms with Crippen molar-refractivity contribution in [1.29, 1.82) is 0 Å². The summed E-state index contributed by atoms with van der Waals surface area (Å²) >= 11 is 0. The first-order valence-corrected chi connectivity index (χ1v) is 9.78. The highest BCUT2D eigenvalue weighted by molar-refractivity contribution is 7.89. The average Bonchev–Trinajstić information content (AvgIpc) is 2.81. The van der Waals surface area contributed by atoms with Crippen LogP contribution in [-0.4, -0.2) is 70.4 Å². The van der Waals surface area contributed by atoms with Crippen LogP contribution in [0, 0.1) is 0 Å². The summed E-state index contributed by atoms with van der Waals surface area (Å²) in [4.78, 5) is 4.48. The van der Waals surface area contributed by atoms with Gasteiger partial charge in [-0.2, -0.15) is 0 Å². The zero-order valence-corrected chi connectivity index (χ0v) is 14.6.